The summed E-state index contributed by atoms with van der Waals surface area (Å²) in [5.74, 6) is -0.205. The Kier molecular flexibility index (Phi) is 5.95. The van der Waals surface area contributed by atoms with Crippen LogP contribution in [0.4, 0.5) is 0 Å². The number of H-pyrrole nitrogens is 1. The monoisotopic (exact) mass is 280 g/mol. The van der Waals surface area contributed by atoms with Crippen molar-refractivity contribution in [3.63, 3.8) is 0 Å². The van der Waals surface area contributed by atoms with Crippen LogP contribution in [-0.4, -0.2) is 35.9 Å². The van der Waals surface area contributed by atoms with Crippen LogP contribution in [0.25, 0.3) is 0 Å². The van der Waals surface area contributed by atoms with Crippen molar-refractivity contribution in [1.29, 1.82) is 0 Å². The van der Waals surface area contributed by atoms with Gasteiger partial charge in [-0.05, 0) is 46.6 Å². The van der Waals surface area contributed by atoms with Gasteiger partial charge in [-0.2, -0.15) is 0 Å². The van der Waals surface area contributed by atoms with Gasteiger partial charge in [0, 0.05) is 24.4 Å². The molecular weight excluding hydrogens is 256 g/mol. The molecule has 1 aromatic heterocycles. The van der Waals surface area contributed by atoms with E-state index in [0.717, 1.165) is 12.1 Å². The highest BCUT2D eigenvalue weighted by Gasteiger charge is 2.19. The third kappa shape index (κ3) is 4.20. The largest absolute Gasteiger partial charge is 0.379 e. The predicted molar refractivity (Wildman–Crippen MR) is 78.3 cm³/mol. The maximum Gasteiger partial charge on any atom is 0.268 e. The summed E-state index contributed by atoms with van der Waals surface area (Å²) in [5, 5.41) is 2.83. The molecule has 2 N–H and O–H groups in total. The number of carbonyl (C=O) groups is 2. The van der Waals surface area contributed by atoms with Crippen molar-refractivity contribution >= 4 is 11.7 Å². The highest BCUT2D eigenvalue weighted by molar-refractivity contribution is 6.02. The van der Waals surface area contributed by atoms with Crippen LogP contribution < -0.4 is 5.32 Å². The lowest BCUT2D eigenvalue weighted by molar-refractivity contribution is 0.0756. The number of aromatic nitrogens is 1. The molecule has 0 atom stereocenters. The van der Waals surface area contributed by atoms with Crippen LogP contribution in [0.2, 0.25) is 0 Å². The molecule has 0 spiro atoms. The Morgan fingerprint density at radius 3 is 2.45 bits per heavy atom. The van der Waals surface area contributed by atoms with E-state index < -0.39 is 0 Å². The Labute approximate surface area is 120 Å². The second-order valence-electron chi connectivity index (χ2n) is 5.21. The lowest BCUT2D eigenvalue weighted by atomic mass is 10.1. The summed E-state index contributed by atoms with van der Waals surface area (Å²) in [6.45, 7) is 10.2. The first kappa shape index (κ1) is 16.4. The van der Waals surface area contributed by atoms with Gasteiger partial charge in [0.2, 0.25) is 0 Å². The molecule has 0 radical (unpaired) electrons. The van der Waals surface area contributed by atoms with Gasteiger partial charge in [-0.25, -0.2) is 0 Å². The second-order valence-corrected chi connectivity index (χ2v) is 5.21. The number of ketones is 1. The van der Waals surface area contributed by atoms with Crippen molar-refractivity contribution in [3.05, 3.63) is 22.5 Å². The quantitative estimate of drug-likeness (QED) is 0.595. The predicted octanol–water partition coefficient (Wildman–Crippen LogP) is 2.38. The second kappa shape index (κ2) is 7.24. The Bertz CT molecular complexity index is 490. The molecule has 1 heterocycles. The zero-order valence-electron chi connectivity index (χ0n) is 12.9. The van der Waals surface area contributed by atoms with E-state index in [2.05, 4.69) is 10.3 Å². The van der Waals surface area contributed by atoms with Crippen molar-refractivity contribution in [2.45, 2.75) is 47.1 Å². The van der Waals surface area contributed by atoms with E-state index in [4.69, 9.17) is 4.74 Å². The molecule has 0 bridgehead atoms. The van der Waals surface area contributed by atoms with E-state index in [9.17, 15) is 9.59 Å². The SMILES string of the molecule is CC(=O)c1c(C)[nH]c(C(=O)NCCCOC(C)C)c1C. The number of amides is 1. The molecular formula is C15H24N2O3. The van der Waals surface area contributed by atoms with Crippen LogP contribution in [0.1, 0.15) is 59.3 Å². The van der Waals surface area contributed by atoms with E-state index in [1.54, 1.807) is 13.8 Å². The average Bonchev–Trinajstić information content (AvgIpc) is 2.63. The molecule has 20 heavy (non-hydrogen) atoms. The Hall–Kier alpha value is -1.62. The minimum Gasteiger partial charge on any atom is -0.379 e. The van der Waals surface area contributed by atoms with Gasteiger partial charge < -0.3 is 15.0 Å². The molecule has 5 heteroatoms. The summed E-state index contributed by atoms with van der Waals surface area (Å²) >= 11 is 0. The minimum atomic E-state index is -0.178. The third-order valence-electron chi connectivity index (χ3n) is 3.07. The van der Waals surface area contributed by atoms with Gasteiger partial charge in [0.05, 0.1) is 6.10 Å². The highest BCUT2D eigenvalue weighted by atomic mass is 16.5. The standard InChI is InChI=1S/C15H24N2O3/c1-9(2)20-8-6-7-16-15(19)14-10(3)13(12(5)18)11(4)17-14/h9,17H,6-8H2,1-5H3,(H,16,19). The van der Waals surface area contributed by atoms with E-state index in [-0.39, 0.29) is 17.8 Å². The van der Waals surface area contributed by atoms with Gasteiger partial charge in [-0.1, -0.05) is 0 Å². The minimum absolute atomic E-state index is 0.0272. The number of hydrogen-bond acceptors (Lipinski definition) is 3. The molecule has 0 aliphatic heterocycles. The van der Waals surface area contributed by atoms with Crippen molar-refractivity contribution in [3.8, 4) is 0 Å². The van der Waals surface area contributed by atoms with Gasteiger partial charge in [-0.3, -0.25) is 9.59 Å². The fraction of sp³-hybridized carbons (Fsp3) is 0.600. The lowest BCUT2D eigenvalue weighted by Crippen LogP contribution is -2.26. The smallest absolute Gasteiger partial charge is 0.268 e. The number of aromatic amines is 1. The van der Waals surface area contributed by atoms with Crippen molar-refractivity contribution in [2.75, 3.05) is 13.2 Å². The Balaban J connectivity index is 2.56. The van der Waals surface area contributed by atoms with Crippen molar-refractivity contribution in [1.82, 2.24) is 10.3 Å². The number of hydrogen-bond donors (Lipinski definition) is 2. The molecule has 0 aliphatic carbocycles. The van der Waals surface area contributed by atoms with Gasteiger partial charge in [0.1, 0.15) is 5.69 Å². The molecule has 0 saturated carbocycles. The van der Waals surface area contributed by atoms with Gasteiger partial charge in [-0.15, -0.1) is 0 Å². The molecule has 1 aromatic rings. The number of nitrogens with one attached hydrogen (secondary N) is 2. The maximum atomic E-state index is 12.1. The maximum absolute atomic E-state index is 12.1. The normalized spacial score (nSPS) is 10.9. The lowest BCUT2D eigenvalue weighted by Gasteiger charge is -2.08. The zero-order valence-corrected chi connectivity index (χ0v) is 12.9. The van der Waals surface area contributed by atoms with Crippen LogP contribution in [0.3, 0.4) is 0 Å². The molecule has 0 saturated heterocycles. The fourth-order valence-corrected chi connectivity index (χ4v) is 2.19. The number of carbonyl (C=O) groups excluding carboxylic acids is 2. The molecule has 0 aromatic carbocycles. The Morgan fingerprint density at radius 2 is 1.95 bits per heavy atom. The van der Waals surface area contributed by atoms with E-state index in [0.29, 0.717) is 30.0 Å². The fourth-order valence-electron chi connectivity index (χ4n) is 2.19. The molecule has 0 fully saturated rings. The van der Waals surface area contributed by atoms with E-state index in [1.165, 1.54) is 6.92 Å². The summed E-state index contributed by atoms with van der Waals surface area (Å²) < 4.78 is 5.40. The molecule has 1 amide bonds. The topological polar surface area (TPSA) is 71.2 Å². The van der Waals surface area contributed by atoms with E-state index in [1.807, 2.05) is 13.8 Å². The number of ether oxygens (including phenoxy) is 1. The van der Waals surface area contributed by atoms with Crippen LogP contribution in [-0.2, 0) is 4.74 Å². The number of Topliss-reactive ketones (excluding diaryl/α,β-unsaturated/α-hetero) is 1. The molecule has 0 aliphatic rings. The van der Waals surface area contributed by atoms with Crippen molar-refractivity contribution < 1.29 is 14.3 Å². The van der Waals surface area contributed by atoms with Crippen molar-refractivity contribution in [2.24, 2.45) is 0 Å². The first-order chi connectivity index (χ1) is 9.34. The summed E-state index contributed by atoms with van der Waals surface area (Å²) in [7, 11) is 0. The van der Waals surface area contributed by atoms with Crippen LogP contribution in [0.15, 0.2) is 0 Å². The zero-order chi connectivity index (χ0) is 15.3. The molecule has 1 rings (SSSR count). The summed E-state index contributed by atoms with van der Waals surface area (Å²) in [4.78, 5) is 26.6. The van der Waals surface area contributed by atoms with Crippen LogP contribution in [0.5, 0.6) is 0 Å². The Morgan fingerprint density at radius 1 is 1.30 bits per heavy atom. The third-order valence-corrected chi connectivity index (χ3v) is 3.07. The first-order valence-corrected chi connectivity index (χ1v) is 6.94. The summed E-state index contributed by atoms with van der Waals surface area (Å²) in [6.07, 6.45) is 0.972. The summed E-state index contributed by atoms with van der Waals surface area (Å²) in [5.41, 5.74) is 2.53. The van der Waals surface area contributed by atoms with Crippen LogP contribution >= 0.6 is 0 Å². The van der Waals surface area contributed by atoms with E-state index >= 15 is 0 Å². The molecule has 112 valence electrons. The molecule has 0 unspecified atom stereocenters. The first-order valence-electron chi connectivity index (χ1n) is 6.94. The van der Waals surface area contributed by atoms with Gasteiger partial charge in [0.15, 0.2) is 5.78 Å². The molecule has 5 nitrogen and oxygen atoms in total. The van der Waals surface area contributed by atoms with Crippen LogP contribution in [0, 0.1) is 13.8 Å². The number of rotatable bonds is 7. The number of aryl methyl sites for hydroxylation is 1. The summed E-state index contributed by atoms with van der Waals surface area (Å²) in [6, 6.07) is 0. The average molecular weight is 280 g/mol. The highest BCUT2D eigenvalue weighted by Crippen LogP contribution is 2.18. The van der Waals surface area contributed by atoms with Gasteiger partial charge in [0.25, 0.3) is 5.91 Å². The van der Waals surface area contributed by atoms with Gasteiger partial charge >= 0.3 is 0 Å².